The molecule has 0 aliphatic heterocycles. The normalized spacial score (nSPS) is 9.71. The number of para-hydroxylation sites is 1. The van der Waals surface area contributed by atoms with Crippen molar-refractivity contribution in [1.29, 1.82) is 0 Å². The Balaban J connectivity index is 2.31. The van der Waals surface area contributed by atoms with Gasteiger partial charge in [-0.2, -0.15) is 0 Å². The van der Waals surface area contributed by atoms with Crippen molar-refractivity contribution in [2.45, 2.75) is 12.8 Å². The molecular formula is C9H12N2O3. The van der Waals surface area contributed by atoms with Crippen LogP contribution in [-0.2, 0) is 11.3 Å². The van der Waals surface area contributed by atoms with E-state index in [4.69, 9.17) is 5.73 Å². The van der Waals surface area contributed by atoms with Crippen LogP contribution in [0.4, 0.5) is 5.69 Å². The molecule has 76 valence electrons. The summed E-state index contributed by atoms with van der Waals surface area (Å²) in [6.45, 7) is 0.112. The van der Waals surface area contributed by atoms with Gasteiger partial charge in [0.1, 0.15) is 0 Å². The van der Waals surface area contributed by atoms with Crippen LogP contribution >= 0.6 is 0 Å². The lowest BCUT2D eigenvalue weighted by molar-refractivity contribution is -0.757. The highest BCUT2D eigenvalue weighted by atomic mass is 16.9. The number of nitrogen functional groups attached to an aromatic ring is 1. The molecule has 0 aliphatic rings. The molecule has 0 radical (unpaired) electrons. The van der Waals surface area contributed by atoms with Crippen molar-refractivity contribution in [2.24, 2.45) is 0 Å². The van der Waals surface area contributed by atoms with Crippen molar-refractivity contribution in [1.82, 2.24) is 0 Å². The van der Waals surface area contributed by atoms with Crippen molar-refractivity contribution < 1.29 is 9.92 Å². The first-order valence-corrected chi connectivity index (χ1v) is 4.31. The second kappa shape index (κ2) is 5.06. The van der Waals surface area contributed by atoms with E-state index in [-0.39, 0.29) is 6.61 Å². The lowest BCUT2D eigenvalue weighted by Crippen LogP contribution is -2.03. The van der Waals surface area contributed by atoms with E-state index in [1.807, 2.05) is 24.3 Å². The minimum absolute atomic E-state index is 0.112. The molecule has 1 aromatic rings. The summed E-state index contributed by atoms with van der Waals surface area (Å²) in [6.07, 6.45) is 1.29. The number of hydrogen-bond donors (Lipinski definition) is 1. The number of benzene rings is 1. The molecule has 1 rings (SSSR count). The summed E-state index contributed by atoms with van der Waals surface area (Å²) < 4.78 is 0. The Morgan fingerprint density at radius 2 is 2.14 bits per heavy atom. The predicted octanol–water partition coefficient (Wildman–Crippen LogP) is 1.41. The van der Waals surface area contributed by atoms with Crippen LogP contribution in [0.3, 0.4) is 0 Å². The van der Waals surface area contributed by atoms with Gasteiger partial charge in [-0.15, -0.1) is 10.1 Å². The second-order valence-corrected chi connectivity index (χ2v) is 2.86. The Hall–Kier alpha value is -1.78. The average Bonchev–Trinajstić information content (AvgIpc) is 2.15. The van der Waals surface area contributed by atoms with Gasteiger partial charge in [0, 0.05) is 5.69 Å². The first-order valence-electron chi connectivity index (χ1n) is 4.31. The molecule has 0 unspecified atom stereocenters. The van der Waals surface area contributed by atoms with Crippen molar-refractivity contribution >= 4 is 5.69 Å². The van der Waals surface area contributed by atoms with Crippen molar-refractivity contribution in [3.63, 3.8) is 0 Å². The van der Waals surface area contributed by atoms with Crippen LogP contribution < -0.4 is 5.73 Å². The van der Waals surface area contributed by atoms with E-state index < -0.39 is 5.09 Å². The van der Waals surface area contributed by atoms with Gasteiger partial charge in [-0.25, -0.2) is 0 Å². The van der Waals surface area contributed by atoms with E-state index in [1.165, 1.54) is 0 Å². The van der Waals surface area contributed by atoms with E-state index in [0.717, 1.165) is 5.56 Å². The Morgan fingerprint density at radius 1 is 1.43 bits per heavy atom. The van der Waals surface area contributed by atoms with Crippen LogP contribution in [0, 0.1) is 10.1 Å². The van der Waals surface area contributed by atoms with Gasteiger partial charge in [0.2, 0.25) is 0 Å². The topological polar surface area (TPSA) is 78.4 Å². The lowest BCUT2D eigenvalue weighted by Gasteiger charge is -2.03. The summed E-state index contributed by atoms with van der Waals surface area (Å²) in [5.74, 6) is 0. The van der Waals surface area contributed by atoms with Gasteiger partial charge < -0.3 is 10.6 Å². The number of nitrogens with zero attached hydrogens (tertiary/aromatic N) is 1. The molecule has 5 heteroatoms. The van der Waals surface area contributed by atoms with Crippen LogP contribution in [0.15, 0.2) is 24.3 Å². The minimum atomic E-state index is -0.783. The zero-order valence-electron chi connectivity index (χ0n) is 7.68. The molecule has 5 nitrogen and oxygen atoms in total. The zero-order valence-corrected chi connectivity index (χ0v) is 7.68. The standard InChI is InChI=1S/C9H12N2O3/c10-9-6-2-1-4-8(9)5-3-7-14-11(12)13/h1-2,4,6H,3,5,7,10H2. The van der Waals surface area contributed by atoms with Crippen molar-refractivity contribution in [3.05, 3.63) is 39.9 Å². The Labute approximate surface area is 81.6 Å². The molecule has 0 atom stereocenters. The highest BCUT2D eigenvalue weighted by molar-refractivity contribution is 5.46. The van der Waals surface area contributed by atoms with E-state index in [2.05, 4.69) is 4.84 Å². The maximum Gasteiger partial charge on any atom is 0.294 e. The van der Waals surface area contributed by atoms with Crippen molar-refractivity contribution in [3.8, 4) is 0 Å². The Kier molecular flexibility index (Phi) is 3.72. The van der Waals surface area contributed by atoms with Gasteiger partial charge in [-0.3, -0.25) is 0 Å². The molecule has 0 bridgehead atoms. The molecule has 0 saturated carbocycles. The third-order valence-corrected chi connectivity index (χ3v) is 1.84. The highest BCUT2D eigenvalue weighted by Crippen LogP contribution is 2.12. The number of hydrogen-bond acceptors (Lipinski definition) is 4. The number of nitrogens with two attached hydrogens (primary N) is 1. The first kappa shape index (κ1) is 10.3. The Morgan fingerprint density at radius 3 is 2.79 bits per heavy atom. The van der Waals surface area contributed by atoms with Gasteiger partial charge in [0.05, 0.1) is 6.61 Å². The average molecular weight is 196 g/mol. The van der Waals surface area contributed by atoms with Crippen LogP contribution in [-0.4, -0.2) is 11.7 Å². The van der Waals surface area contributed by atoms with Crippen LogP contribution in [0.2, 0.25) is 0 Å². The van der Waals surface area contributed by atoms with Gasteiger partial charge in [-0.05, 0) is 24.5 Å². The summed E-state index contributed by atoms with van der Waals surface area (Å²) >= 11 is 0. The zero-order chi connectivity index (χ0) is 10.4. The van der Waals surface area contributed by atoms with Gasteiger partial charge >= 0.3 is 0 Å². The first-order chi connectivity index (χ1) is 6.70. The lowest BCUT2D eigenvalue weighted by atomic mass is 10.1. The van der Waals surface area contributed by atoms with Gasteiger partial charge in [0.25, 0.3) is 5.09 Å². The Bertz CT molecular complexity index is 315. The molecule has 0 heterocycles. The summed E-state index contributed by atoms with van der Waals surface area (Å²) in [4.78, 5) is 14.0. The predicted molar refractivity (Wildman–Crippen MR) is 52.1 cm³/mol. The summed E-state index contributed by atoms with van der Waals surface area (Å²) in [5.41, 5.74) is 7.40. The molecule has 0 aromatic heterocycles. The molecule has 0 saturated heterocycles. The maximum atomic E-state index is 9.84. The molecule has 1 aromatic carbocycles. The molecule has 14 heavy (non-hydrogen) atoms. The van der Waals surface area contributed by atoms with Crippen molar-refractivity contribution in [2.75, 3.05) is 12.3 Å². The summed E-state index contributed by atoms with van der Waals surface area (Å²) in [6, 6.07) is 7.46. The van der Waals surface area contributed by atoms with E-state index in [9.17, 15) is 10.1 Å². The van der Waals surface area contributed by atoms with Crippen LogP contribution in [0.5, 0.6) is 0 Å². The van der Waals surface area contributed by atoms with E-state index in [1.54, 1.807) is 0 Å². The SMILES string of the molecule is Nc1ccccc1CCCO[N+](=O)[O-]. The molecule has 0 fully saturated rings. The van der Waals surface area contributed by atoms with Crippen LogP contribution in [0.1, 0.15) is 12.0 Å². The largest absolute Gasteiger partial charge is 0.399 e. The molecule has 2 N–H and O–H groups in total. The maximum absolute atomic E-state index is 9.84. The minimum Gasteiger partial charge on any atom is -0.399 e. The quantitative estimate of drug-likeness (QED) is 0.334. The second-order valence-electron chi connectivity index (χ2n) is 2.86. The third kappa shape index (κ3) is 3.30. The number of anilines is 1. The fourth-order valence-corrected chi connectivity index (χ4v) is 1.16. The van der Waals surface area contributed by atoms with Gasteiger partial charge in [0.15, 0.2) is 0 Å². The fraction of sp³-hybridized carbons (Fsp3) is 0.333. The monoisotopic (exact) mass is 196 g/mol. The number of aryl methyl sites for hydroxylation is 1. The summed E-state index contributed by atoms with van der Waals surface area (Å²) in [7, 11) is 0. The van der Waals surface area contributed by atoms with E-state index >= 15 is 0 Å². The van der Waals surface area contributed by atoms with E-state index in [0.29, 0.717) is 18.5 Å². The molecule has 0 aliphatic carbocycles. The number of rotatable bonds is 5. The smallest absolute Gasteiger partial charge is 0.294 e. The molecule has 0 spiro atoms. The fourth-order valence-electron chi connectivity index (χ4n) is 1.16. The summed E-state index contributed by atoms with van der Waals surface area (Å²) in [5, 5.41) is 9.05. The van der Waals surface area contributed by atoms with Crippen LogP contribution in [0.25, 0.3) is 0 Å². The van der Waals surface area contributed by atoms with Gasteiger partial charge in [-0.1, -0.05) is 18.2 Å². The molecular weight excluding hydrogens is 184 g/mol. The highest BCUT2D eigenvalue weighted by Gasteiger charge is 1.99. The molecule has 0 amide bonds. The third-order valence-electron chi connectivity index (χ3n) is 1.84.